The Kier molecular flexibility index (Phi) is 1.79. The fraction of sp³-hybridized carbons (Fsp3) is 0.353. The van der Waals surface area contributed by atoms with Crippen LogP contribution in [-0.2, 0) is 4.74 Å². The number of carbonyl (C=O) groups excluding carboxylic acids is 1. The number of alkyl carbamates (subject to hydrolysis) is 1. The Bertz CT molecular complexity index is 703. The van der Waals surface area contributed by atoms with Gasteiger partial charge in [0.1, 0.15) is 0 Å². The number of hydrogen-bond acceptors (Lipinski definition) is 2. The van der Waals surface area contributed by atoms with E-state index in [0.29, 0.717) is 29.7 Å². The van der Waals surface area contributed by atoms with Gasteiger partial charge in [0.25, 0.3) is 0 Å². The van der Waals surface area contributed by atoms with Gasteiger partial charge >= 0.3 is 6.09 Å². The maximum atomic E-state index is 11.4. The van der Waals surface area contributed by atoms with Gasteiger partial charge in [-0.3, -0.25) is 0 Å². The second-order valence-corrected chi connectivity index (χ2v) is 6.16. The van der Waals surface area contributed by atoms with Crippen molar-refractivity contribution < 1.29 is 9.53 Å². The maximum absolute atomic E-state index is 11.4. The van der Waals surface area contributed by atoms with Crippen molar-refractivity contribution in [2.45, 2.75) is 17.9 Å². The molecule has 0 heterocycles. The van der Waals surface area contributed by atoms with Crippen molar-refractivity contribution in [3.05, 3.63) is 47.5 Å². The first-order chi connectivity index (χ1) is 9.81. The van der Waals surface area contributed by atoms with Gasteiger partial charge in [-0.2, -0.15) is 0 Å². The van der Waals surface area contributed by atoms with Crippen molar-refractivity contribution in [1.29, 1.82) is 0 Å². The van der Waals surface area contributed by atoms with E-state index in [1.807, 2.05) is 0 Å². The van der Waals surface area contributed by atoms with Crippen LogP contribution >= 0.6 is 0 Å². The maximum Gasteiger partial charge on any atom is 0.407 e. The molecular weight excluding hydrogens is 250 g/mol. The van der Waals surface area contributed by atoms with Crippen molar-refractivity contribution in [1.82, 2.24) is 5.32 Å². The lowest BCUT2D eigenvalue weighted by Crippen LogP contribution is -2.26. The van der Waals surface area contributed by atoms with Crippen LogP contribution in [0.1, 0.15) is 23.0 Å². The molecule has 2 fully saturated rings. The summed E-state index contributed by atoms with van der Waals surface area (Å²) in [6, 6.07) is 13.5. The summed E-state index contributed by atoms with van der Waals surface area (Å²) in [5.74, 6) is 2.42. The van der Waals surface area contributed by atoms with E-state index in [2.05, 4.69) is 41.7 Å². The van der Waals surface area contributed by atoms with Crippen molar-refractivity contribution in [3.8, 4) is 0 Å². The Morgan fingerprint density at radius 2 is 1.65 bits per heavy atom. The number of nitrogens with one attached hydrogen (secondary N) is 1. The SMILES string of the molecule is COC(=O)NC1[C@@H]2[C@@H]3c4cccc5cccc(c45)[C@@H]3[C@H]12. The third-order valence-corrected chi connectivity index (χ3v) is 5.51. The fourth-order valence-electron chi connectivity index (χ4n) is 4.76. The van der Waals surface area contributed by atoms with Gasteiger partial charge in [-0.15, -0.1) is 0 Å². The highest BCUT2D eigenvalue weighted by atomic mass is 16.5. The first-order valence-electron chi connectivity index (χ1n) is 7.17. The van der Waals surface area contributed by atoms with Crippen molar-refractivity contribution in [3.63, 3.8) is 0 Å². The lowest BCUT2D eigenvalue weighted by molar-refractivity contribution is 0.170. The average Bonchev–Trinajstić information content (AvgIpc) is 2.95. The number of amides is 1. The summed E-state index contributed by atoms with van der Waals surface area (Å²) in [4.78, 5) is 11.4. The second-order valence-electron chi connectivity index (χ2n) is 6.16. The van der Waals surface area contributed by atoms with Gasteiger partial charge in [-0.05, 0) is 45.6 Å². The van der Waals surface area contributed by atoms with Crippen LogP contribution in [0.4, 0.5) is 4.79 Å². The zero-order valence-corrected chi connectivity index (χ0v) is 11.2. The molecule has 2 saturated carbocycles. The van der Waals surface area contributed by atoms with E-state index >= 15 is 0 Å². The topological polar surface area (TPSA) is 38.3 Å². The minimum absolute atomic E-state index is 0.297. The van der Waals surface area contributed by atoms with E-state index < -0.39 is 0 Å². The number of ether oxygens (including phenoxy) is 1. The number of hydrogen-bond donors (Lipinski definition) is 1. The molecule has 0 aliphatic heterocycles. The second kappa shape index (κ2) is 3.35. The normalized spacial score (nSPS) is 35.0. The van der Waals surface area contributed by atoms with Crippen molar-refractivity contribution in [2.24, 2.45) is 11.8 Å². The minimum Gasteiger partial charge on any atom is -0.453 e. The van der Waals surface area contributed by atoms with Gasteiger partial charge in [-0.25, -0.2) is 4.79 Å². The largest absolute Gasteiger partial charge is 0.453 e. The van der Waals surface area contributed by atoms with E-state index in [0.717, 1.165) is 0 Å². The van der Waals surface area contributed by atoms with Gasteiger partial charge < -0.3 is 10.1 Å². The van der Waals surface area contributed by atoms with Gasteiger partial charge in [0.05, 0.1) is 7.11 Å². The average molecular weight is 265 g/mol. The Labute approximate surface area is 116 Å². The Morgan fingerprint density at radius 1 is 1.05 bits per heavy atom. The van der Waals surface area contributed by atoms with E-state index in [1.54, 1.807) is 0 Å². The standard InChI is InChI=1S/C17H15NO2/c1-20-17(19)18-16-14-12-9-6-2-4-8-5-3-7-10(11(8)9)13(12)15(14)16/h2-7,12-16H,1H3,(H,18,19)/t12-,13+,14-,15+,16?. The molecule has 3 nitrogen and oxygen atoms in total. The molecule has 20 heavy (non-hydrogen) atoms. The number of benzene rings is 2. The Morgan fingerprint density at radius 3 is 2.20 bits per heavy atom. The zero-order valence-electron chi connectivity index (χ0n) is 11.2. The molecule has 3 heteroatoms. The lowest BCUT2D eigenvalue weighted by atomic mass is 9.72. The summed E-state index contributed by atoms with van der Waals surface area (Å²) in [6.07, 6.45) is -0.297. The third-order valence-electron chi connectivity index (χ3n) is 5.51. The summed E-state index contributed by atoms with van der Waals surface area (Å²) in [7, 11) is 1.43. The Balaban J connectivity index is 1.56. The number of rotatable bonds is 1. The minimum atomic E-state index is -0.297. The van der Waals surface area contributed by atoms with Crippen LogP contribution in [0.3, 0.4) is 0 Å². The van der Waals surface area contributed by atoms with Gasteiger partial charge in [-0.1, -0.05) is 36.4 Å². The van der Waals surface area contributed by atoms with Crippen LogP contribution in [0.2, 0.25) is 0 Å². The third kappa shape index (κ3) is 1.06. The quantitative estimate of drug-likeness (QED) is 0.860. The molecule has 3 aliphatic carbocycles. The van der Waals surface area contributed by atoms with Crippen LogP contribution < -0.4 is 5.32 Å². The number of fused-ring (bicyclic) bond motifs is 6. The highest BCUT2D eigenvalue weighted by Gasteiger charge is 2.72. The van der Waals surface area contributed by atoms with E-state index in [9.17, 15) is 4.79 Å². The molecule has 2 aromatic carbocycles. The van der Waals surface area contributed by atoms with E-state index in [4.69, 9.17) is 4.74 Å². The first kappa shape index (κ1) is 10.7. The molecule has 5 atom stereocenters. The predicted molar refractivity (Wildman–Crippen MR) is 75.7 cm³/mol. The molecule has 0 aromatic heterocycles. The molecule has 0 saturated heterocycles. The van der Waals surface area contributed by atoms with Crippen LogP contribution in [0.25, 0.3) is 10.8 Å². The monoisotopic (exact) mass is 265 g/mol. The number of carbonyl (C=O) groups is 1. The smallest absolute Gasteiger partial charge is 0.407 e. The van der Waals surface area contributed by atoms with Crippen molar-refractivity contribution in [2.75, 3.05) is 7.11 Å². The summed E-state index contributed by atoms with van der Waals surface area (Å²) in [6.45, 7) is 0. The molecule has 5 rings (SSSR count). The van der Waals surface area contributed by atoms with Crippen LogP contribution in [0, 0.1) is 11.8 Å². The summed E-state index contributed by atoms with van der Waals surface area (Å²) in [5.41, 5.74) is 2.97. The first-order valence-corrected chi connectivity index (χ1v) is 7.17. The van der Waals surface area contributed by atoms with Gasteiger partial charge in [0.2, 0.25) is 0 Å². The molecule has 0 radical (unpaired) electrons. The molecule has 2 aromatic rings. The summed E-state index contributed by atoms with van der Waals surface area (Å²) >= 11 is 0. The number of methoxy groups -OCH3 is 1. The van der Waals surface area contributed by atoms with Gasteiger partial charge in [0, 0.05) is 6.04 Å². The Hall–Kier alpha value is -2.03. The molecule has 3 aliphatic rings. The molecule has 0 spiro atoms. The molecular formula is C17H15NO2. The predicted octanol–water partition coefficient (Wildman–Crippen LogP) is 3.00. The van der Waals surface area contributed by atoms with Gasteiger partial charge in [0.15, 0.2) is 0 Å². The van der Waals surface area contributed by atoms with E-state index in [1.165, 1.54) is 29.0 Å². The van der Waals surface area contributed by atoms with E-state index in [-0.39, 0.29) is 6.09 Å². The highest BCUT2D eigenvalue weighted by molar-refractivity contribution is 5.93. The van der Waals surface area contributed by atoms with Crippen LogP contribution in [0.5, 0.6) is 0 Å². The summed E-state index contributed by atoms with van der Waals surface area (Å²) < 4.78 is 4.72. The molecule has 0 bridgehead atoms. The van der Waals surface area contributed by atoms with Crippen LogP contribution in [0.15, 0.2) is 36.4 Å². The molecule has 1 amide bonds. The zero-order chi connectivity index (χ0) is 13.4. The summed E-state index contributed by atoms with van der Waals surface area (Å²) in [5, 5.41) is 5.82. The van der Waals surface area contributed by atoms with Crippen molar-refractivity contribution >= 4 is 16.9 Å². The molecule has 1 unspecified atom stereocenters. The molecule has 1 N–H and O–H groups in total. The lowest BCUT2D eigenvalue weighted by Gasteiger charge is -2.30. The highest BCUT2D eigenvalue weighted by Crippen LogP contribution is 2.75. The molecule has 100 valence electrons. The fourth-order valence-corrected chi connectivity index (χ4v) is 4.76. The van der Waals surface area contributed by atoms with Crippen LogP contribution in [-0.4, -0.2) is 19.2 Å².